The van der Waals surface area contributed by atoms with Crippen molar-refractivity contribution >= 4 is 17.5 Å². The van der Waals surface area contributed by atoms with Gasteiger partial charge in [-0.25, -0.2) is 0 Å². The van der Waals surface area contributed by atoms with E-state index in [0.717, 1.165) is 12.2 Å². The summed E-state index contributed by atoms with van der Waals surface area (Å²) in [6.45, 7) is 2.56. The minimum Gasteiger partial charge on any atom is -0.384 e. The number of carbonyl (C=O) groups excluding carboxylic acids is 2. The molecule has 1 aliphatic heterocycles. The van der Waals surface area contributed by atoms with Crippen molar-refractivity contribution in [3.63, 3.8) is 0 Å². The third-order valence-electron chi connectivity index (χ3n) is 3.29. The largest absolute Gasteiger partial charge is 0.384 e. The highest BCUT2D eigenvalue weighted by atomic mass is 16.2. The third-order valence-corrected chi connectivity index (χ3v) is 3.29. The molecule has 5 nitrogen and oxygen atoms in total. The number of hydrogen-bond acceptors (Lipinski definition) is 3. The molecule has 2 amide bonds. The summed E-state index contributed by atoms with van der Waals surface area (Å²) in [4.78, 5) is 22.7. The summed E-state index contributed by atoms with van der Waals surface area (Å²) >= 11 is 0. The predicted molar refractivity (Wildman–Crippen MR) is 73.7 cm³/mol. The molecule has 1 aliphatic rings. The number of anilines is 1. The number of hydrogen-bond donors (Lipinski definition) is 3. The Hall–Kier alpha value is -2.04. The molecule has 5 heteroatoms. The highest BCUT2D eigenvalue weighted by molar-refractivity contribution is 5.80. The summed E-state index contributed by atoms with van der Waals surface area (Å²) in [5.74, 6) is -0.255. The molecule has 0 saturated heterocycles. The molecular formula is C14H19N3O2. The first kappa shape index (κ1) is 13.4. The third kappa shape index (κ3) is 3.47. The van der Waals surface area contributed by atoms with Crippen molar-refractivity contribution < 1.29 is 9.59 Å². The van der Waals surface area contributed by atoms with Gasteiger partial charge in [-0.15, -0.1) is 0 Å². The fraction of sp³-hybridized carbons (Fsp3) is 0.429. The zero-order chi connectivity index (χ0) is 13.8. The predicted octanol–water partition coefficient (Wildman–Crippen LogP) is 0.966. The summed E-state index contributed by atoms with van der Waals surface area (Å²) in [7, 11) is 0. The first-order valence-electron chi connectivity index (χ1n) is 6.46. The number of para-hydroxylation sites is 1. The van der Waals surface area contributed by atoms with E-state index in [-0.39, 0.29) is 24.3 Å². The van der Waals surface area contributed by atoms with E-state index in [1.54, 1.807) is 6.92 Å². The number of benzene rings is 1. The van der Waals surface area contributed by atoms with Crippen LogP contribution < -0.4 is 16.4 Å². The van der Waals surface area contributed by atoms with Crippen molar-refractivity contribution in [2.75, 3.05) is 11.9 Å². The monoisotopic (exact) mass is 261 g/mol. The Balaban J connectivity index is 1.89. The van der Waals surface area contributed by atoms with Gasteiger partial charge in [-0.3, -0.25) is 9.59 Å². The summed E-state index contributed by atoms with van der Waals surface area (Å²) in [5, 5.41) is 6.09. The highest BCUT2D eigenvalue weighted by Gasteiger charge is 2.24. The van der Waals surface area contributed by atoms with Gasteiger partial charge in [-0.05, 0) is 18.6 Å². The number of primary amides is 1. The van der Waals surface area contributed by atoms with Gasteiger partial charge in [-0.1, -0.05) is 18.2 Å². The normalized spacial score (nSPS) is 18.3. The smallest absolute Gasteiger partial charge is 0.220 e. The van der Waals surface area contributed by atoms with Gasteiger partial charge in [0.1, 0.15) is 0 Å². The molecule has 102 valence electrons. The molecule has 2 rings (SSSR count). The van der Waals surface area contributed by atoms with Crippen LogP contribution in [0, 0.1) is 0 Å². The van der Waals surface area contributed by atoms with Crippen LogP contribution in [0.25, 0.3) is 0 Å². The molecule has 19 heavy (non-hydrogen) atoms. The summed E-state index contributed by atoms with van der Waals surface area (Å²) < 4.78 is 0. The Morgan fingerprint density at radius 2 is 2.21 bits per heavy atom. The van der Waals surface area contributed by atoms with Crippen molar-refractivity contribution in [3.05, 3.63) is 29.8 Å². The quantitative estimate of drug-likeness (QED) is 0.738. The van der Waals surface area contributed by atoms with Gasteiger partial charge in [-0.2, -0.15) is 0 Å². The second-order valence-electron chi connectivity index (χ2n) is 5.01. The molecule has 0 aliphatic carbocycles. The fourth-order valence-corrected chi connectivity index (χ4v) is 2.45. The van der Waals surface area contributed by atoms with Gasteiger partial charge in [0, 0.05) is 37.0 Å². The maximum atomic E-state index is 11.9. The van der Waals surface area contributed by atoms with Gasteiger partial charge in [0.2, 0.25) is 11.8 Å². The minimum absolute atomic E-state index is 0.0442. The van der Waals surface area contributed by atoms with Crippen molar-refractivity contribution in [3.8, 4) is 0 Å². The summed E-state index contributed by atoms with van der Waals surface area (Å²) in [6.07, 6.45) is 0.596. The molecule has 0 bridgehead atoms. The molecule has 2 atom stereocenters. The molecule has 4 N–H and O–H groups in total. The van der Waals surface area contributed by atoms with Crippen LogP contribution in [0.15, 0.2) is 24.3 Å². The molecule has 0 aromatic heterocycles. The molecule has 1 heterocycles. The lowest BCUT2D eigenvalue weighted by atomic mass is 9.97. The summed E-state index contributed by atoms with van der Waals surface area (Å²) in [5.41, 5.74) is 7.38. The van der Waals surface area contributed by atoms with Crippen LogP contribution in [0.3, 0.4) is 0 Å². The van der Waals surface area contributed by atoms with E-state index in [9.17, 15) is 9.59 Å². The molecular weight excluding hydrogens is 242 g/mol. The zero-order valence-electron chi connectivity index (χ0n) is 11.0. The average molecular weight is 261 g/mol. The van der Waals surface area contributed by atoms with Crippen molar-refractivity contribution in [2.24, 2.45) is 5.73 Å². The molecule has 1 aromatic carbocycles. The number of nitrogens with one attached hydrogen (secondary N) is 2. The Morgan fingerprint density at radius 3 is 2.95 bits per heavy atom. The number of fused-ring (bicyclic) bond motifs is 1. The SMILES string of the molecule is CC(CC(N)=O)NC(=O)CC1CNc2ccccc21. The average Bonchev–Trinajstić information content (AvgIpc) is 2.71. The summed E-state index contributed by atoms with van der Waals surface area (Å²) in [6, 6.07) is 7.80. The van der Waals surface area contributed by atoms with Crippen molar-refractivity contribution in [2.45, 2.75) is 31.7 Å². The van der Waals surface area contributed by atoms with Crippen molar-refractivity contribution in [1.29, 1.82) is 0 Å². The van der Waals surface area contributed by atoms with E-state index in [1.807, 2.05) is 24.3 Å². The Bertz CT molecular complexity index is 487. The van der Waals surface area contributed by atoms with Gasteiger partial charge >= 0.3 is 0 Å². The number of carbonyl (C=O) groups is 2. The molecule has 2 unspecified atom stereocenters. The topological polar surface area (TPSA) is 84.2 Å². The van der Waals surface area contributed by atoms with E-state index in [2.05, 4.69) is 10.6 Å². The van der Waals surface area contributed by atoms with Crippen LogP contribution in [0.2, 0.25) is 0 Å². The molecule has 0 radical (unpaired) electrons. The van der Waals surface area contributed by atoms with Crippen molar-refractivity contribution in [1.82, 2.24) is 5.32 Å². The van der Waals surface area contributed by atoms with Gasteiger partial charge in [0.25, 0.3) is 0 Å². The first-order chi connectivity index (χ1) is 9.06. The maximum absolute atomic E-state index is 11.9. The zero-order valence-corrected chi connectivity index (χ0v) is 11.0. The van der Waals surface area contributed by atoms with E-state index < -0.39 is 5.91 Å². The van der Waals surface area contributed by atoms with Crippen LogP contribution in [-0.2, 0) is 9.59 Å². The second kappa shape index (κ2) is 5.73. The minimum atomic E-state index is -0.402. The van der Waals surface area contributed by atoms with Crippen LogP contribution in [-0.4, -0.2) is 24.4 Å². The standard InChI is InChI=1S/C14H19N3O2/c1-9(6-13(15)18)17-14(19)7-10-8-16-12-5-3-2-4-11(10)12/h2-5,9-10,16H,6-8H2,1H3,(H2,15,18)(H,17,19). The Labute approximate surface area is 112 Å². The van der Waals surface area contributed by atoms with E-state index in [0.29, 0.717) is 6.42 Å². The van der Waals surface area contributed by atoms with Gasteiger partial charge in [0.15, 0.2) is 0 Å². The van der Waals surface area contributed by atoms with Gasteiger partial charge in [0.05, 0.1) is 0 Å². The Kier molecular flexibility index (Phi) is 4.04. The first-order valence-corrected chi connectivity index (χ1v) is 6.46. The number of nitrogens with two attached hydrogens (primary N) is 1. The highest BCUT2D eigenvalue weighted by Crippen LogP contribution is 2.32. The lowest BCUT2D eigenvalue weighted by molar-refractivity contribution is -0.122. The van der Waals surface area contributed by atoms with Crippen LogP contribution in [0.4, 0.5) is 5.69 Å². The molecule has 0 saturated carbocycles. The lowest BCUT2D eigenvalue weighted by Crippen LogP contribution is -2.36. The molecule has 0 fully saturated rings. The molecule has 0 spiro atoms. The maximum Gasteiger partial charge on any atom is 0.220 e. The number of rotatable bonds is 5. The van der Waals surface area contributed by atoms with Gasteiger partial charge < -0.3 is 16.4 Å². The number of amides is 2. The fourth-order valence-electron chi connectivity index (χ4n) is 2.45. The van der Waals surface area contributed by atoms with E-state index >= 15 is 0 Å². The van der Waals surface area contributed by atoms with Crippen LogP contribution >= 0.6 is 0 Å². The van der Waals surface area contributed by atoms with E-state index in [1.165, 1.54) is 5.56 Å². The van der Waals surface area contributed by atoms with Crippen LogP contribution in [0.5, 0.6) is 0 Å². The Morgan fingerprint density at radius 1 is 1.47 bits per heavy atom. The molecule has 1 aromatic rings. The van der Waals surface area contributed by atoms with E-state index in [4.69, 9.17) is 5.73 Å². The lowest BCUT2D eigenvalue weighted by Gasteiger charge is -2.14. The van der Waals surface area contributed by atoms with Crippen LogP contribution in [0.1, 0.15) is 31.2 Å². The second-order valence-corrected chi connectivity index (χ2v) is 5.01.